The standard InChI is InChI=1S/C24H25N7O2S/c1-15-18-7-6-17(13-20(18)30(2)28-15)22-27-24(34-29-22)16-8-11-31(12-9-16)21(32)14-26-23(33)19-5-3-4-10-25-19/h3-7,10,13,16H,8-9,11-12,14H2,1-2H3,(H,26,33). The van der Waals surface area contributed by atoms with Crippen LogP contribution >= 0.6 is 11.5 Å². The zero-order chi connectivity index (χ0) is 23.7. The summed E-state index contributed by atoms with van der Waals surface area (Å²) in [6, 6.07) is 11.3. The van der Waals surface area contributed by atoms with Gasteiger partial charge in [0.2, 0.25) is 5.91 Å². The minimum absolute atomic E-state index is 0.0288. The Bertz CT molecular complexity index is 1340. The third-order valence-corrected chi connectivity index (χ3v) is 7.11. The van der Waals surface area contributed by atoms with E-state index in [9.17, 15) is 9.59 Å². The van der Waals surface area contributed by atoms with Crippen LogP contribution < -0.4 is 5.32 Å². The van der Waals surface area contributed by atoms with Crippen LogP contribution in [0, 0.1) is 6.92 Å². The molecule has 0 atom stereocenters. The SMILES string of the molecule is Cc1nn(C)c2cc(-c3nsc(C4CCN(C(=O)CNC(=O)c5ccccn5)CC4)n3)ccc12. The Kier molecular flexibility index (Phi) is 6.06. The van der Waals surface area contributed by atoms with Crippen molar-refractivity contribution in [1.82, 2.24) is 34.3 Å². The molecular formula is C24H25N7O2S. The third-order valence-electron chi connectivity index (χ3n) is 6.23. The number of rotatable bonds is 5. The van der Waals surface area contributed by atoms with Crippen molar-refractivity contribution in [2.24, 2.45) is 7.05 Å². The van der Waals surface area contributed by atoms with Crippen molar-refractivity contribution in [3.05, 3.63) is 59.0 Å². The monoisotopic (exact) mass is 475 g/mol. The quantitative estimate of drug-likeness (QED) is 0.476. The molecule has 1 aliphatic heterocycles. The van der Waals surface area contributed by atoms with Gasteiger partial charge in [0.25, 0.3) is 5.91 Å². The highest BCUT2D eigenvalue weighted by molar-refractivity contribution is 7.05. The summed E-state index contributed by atoms with van der Waals surface area (Å²) in [7, 11) is 1.94. The fraction of sp³-hybridized carbons (Fsp3) is 0.333. The number of nitrogens with one attached hydrogen (secondary N) is 1. The van der Waals surface area contributed by atoms with Gasteiger partial charge < -0.3 is 10.2 Å². The molecule has 3 aromatic heterocycles. The number of aryl methyl sites for hydroxylation is 2. The maximum absolute atomic E-state index is 12.6. The molecule has 0 unspecified atom stereocenters. The van der Waals surface area contributed by atoms with Gasteiger partial charge in [0.1, 0.15) is 10.7 Å². The van der Waals surface area contributed by atoms with Gasteiger partial charge in [-0.3, -0.25) is 19.3 Å². The van der Waals surface area contributed by atoms with E-state index in [0.717, 1.165) is 45.8 Å². The summed E-state index contributed by atoms with van der Waals surface area (Å²) < 4.78 is 6.49. The molecule has 0 saturated carbocycles. The third kappa shape index (κ3) is 4.41. The predicted molar refractivity (Wildman–Crippen MR) is 129 cm³/mol. The Morgan fingerprint density at radius 2 is 2.00 bits per heavy atom. The second-order valence-corrected chi connectivity index (χ2v) is 9.23. The van der Waals surface area contributed by atoms with E-state index >= 15 is 0 Å². The van der Waals surface area contributed by atoms with Crippen molar-refractivity contribution in [2.75, 3.05) is 19.6 Å². The highest BCUT2D eigenvalue weighted by Gasteiger charge is 2.26. The minimum Gasteiger partial charge on any atom is -0.342 e. The molecule has 9 nitrogen and oxygen atoms in total. The lowest BCUT2D eigenvalue weighted by Gasteiger charge is -2.31. The molecule has 1 fully saturated rings. The van der Waals surface area contributed by atoms with Crippen molar-refractivity contribution in [3.63, 3.8) is 0 Å². The summed E-state index contributed by atoms with van der Waals surface area (Å²) in [5, 5.41) is 9.28. The first kappa shape index (κ1) is 22.1. The molecule has 4 aromatic rings. The van der Waals surface area contributed by atoms with Crippen molar-refractivity contribution < 1.29 is 9.59 Å². The lowest BCUT2D eigenvalue weighted by atomic mass is 9.97. The zero-order valence-electron chi connectivity index (χ0n) is 19.1. The van der Waals surface area contributed by atoms with Crippen LogP contribution in [0.1, 0.15) is 39.9 Å². The summed E-state index contributed by atoms with van der Waals surface area (Å²) >= 11 is 1.44. The van der Waals surface area contributed by atoms with Gasteiger partial charge in [-0.25, -0.2) is 4.98 Å². The molecule has 1 saturated heterocycles. The normalized spacial score (nSPS) is 14.5. The molecule has 5 rings (SSSR count). The fourth-order valence-electron chi connectivity index (χ4n) is 4.33. The van der Waals surface area contributed by atoms with E-state index in [1.807, 2.05) is 24.7 Å². The molecule has 174 valence electrons. The molecule has 1 aromatic carbocycles. The summed E-state index contributed by atoms with van der Waals surface area (Å²) in [6.45, 7) is 3.25. The number of fused-ring (bicyclic) bond motifs is 1. The Morgan fingerprint density at radius 1 is 1.18 bits per heavy atom. The smallest absolute Gasteiger partial charge is 0.270 e. The highest BCUT2D eigenvalue weighted by atomic mass is 32.1. The van der Waals surface area contributed by atoms with Gasteiger partial charge in [-0.2, -0.15) is 9.47 Å². The van der Waals surface area contributed by atoms with Gasteiger partial charge in [0.05, 0.1) is 17.8 Å². The molecule has 1 aliphatic rings. The van der Waals surface area contributed by atoms with Crippen LogP contribution in [0.3, 0.4) is 0 Å². The number of aromatic nitrogens is 5. The van der Waals surface area contributed by atoms with Crippen LogP contribution in [0.5, 0.6) is 0 Å². The summed E-state index contributed by atoms with van der Waals surface area (Å²) in [6.07, 6.45) is 3.21. The van der Waals surface area contributed by atoms with Crippen LogP contribution in [0.2, 0.25) is 0 Å². The van der Waals surface area contributed by atoms with Crippen molar-refractivity contribution in [1.29, 1.82) is 0 Å². The van der Waals surface area contributed by atoms with E-state index in [1.54, 1.807) is 29.3 Å². The number of likely N-dealkylation sites (tertiary alicyclic amines) is 1. The van der Waals surface area contributed by atoms with Crippen LogP contribution in [0.25, 0.3) is 22.3 Å². The average Bonchev–Trinajstić information content (AvgIpc) is 3.47. The molecule has 10 heteroatoms. The topological polar surface area (TPSA) is 106 Å². The molecule has 34 heavy (non-hydrogen) atoms. The van der Waals surface area contributed by atoms with Gasteiger partial charge in [-0.05, 0) is 49.5 Å². The average molecular weight is 476 g/mol. The fourth-order valence-corrected chi connectivity index (χ4v) is 5.16. The maximum atomic E-state index is 12.6. The highest BCUT2D eigenvalue weighted by Crippen LogP contribution is 2.32. The molecule has 2 amide bonds. The number of benzene rings is 1. The van der Waals surface area contributed by atoms with E-state index in [0.29, 0.717) is 18.8 Å². The predicted octanol–water partition coefficient (Wildman–Crippen LogP) is 2.93. The van der Waals surface area contributed by atoms with Crippen LogP contribution in [-0.2, 0) is 11.8 Å². The number of piperidine rings is 1. The van der Waals surface area contributed by atoms with E-state index in [-0.39, 0.29) is 24.3 Å². The van der Waals surface area contributed by atoms with Gasteiger partial charge in [-0.15, -0.1) is 0 Å². The zero-order valence-corrected chi connectivity index (χ0v) is 19.9. The number of hydrogen-bond donors (Lipinski definition) is 1. The van der Waals surface area contributed by atoms with E-state index < -0.39 is 0 Å². The number of carbonyl (C=O) groups excluding carboxylic acids is 2. The second-order valence-electron chi connectivity index (χ2n) is 8.45. The van der Waals surface area contributed by atoms with E-state index in [1.165, 1.54) is 11.5 Å². The number of pyridine rings is 1. The van der Waals surface area contributed by atoms with Crippen molar-refractivity contribution in [3.8, 4) is 11.4 Å². The number of nitrogens with zero attached hydrogens (tertiary/aromatic N) is 6. The molecule has 4 heterocycles. The van der Waals surface area contributed by atoms with Gasteiger partial charge in [0.15, 0.2) is 5.82 Å². The largest absolute Gasteiger partial charge is 0.342 e. The van der Waals surface area contributed by atoms with Crippen LogP contribution in [0.4, 0.5) is 0 Å². The van der Waals surface area contributed by atoms with Crippen LogP contribution in [0.15, 0.2) is 42.6 Å². The molecule has 0 bridgehead atoms. The van der Waals surface area contributed by atoms with Gasteiger partial charge >= 0.3 is 0 Å². The van der Waals surface area contributed by atoms with E-state index in [2.05, 4.69) is 31.9 Å². The molecule has 0 spiro atoms. The Labute approximate surface area is 201 Å². The molecular weight excluding hydrogens is 450 g/mol. The van der Waals surface area contributed by atoms with E-state index in [4.69, 9.17) is 4.98 Å². The number of carbonyl (C=O) groups is 2. The first-order chi connectivity index (χ1) is 16.5. The summed E-state index contributed by atoms with van der Waals surface area (Å²) in [5.41, 5.74) is 3.36. The summed E-state index contributed by atoms with van der Waals surface area (Å²) in [5.74, 6) is 0.586. The Morgan fingerprint density at radius 3 is 2.76 bits per heavy atom. The van der Waals surface area contributed by atoms with Crippen LogP contribution in [-0.4, -0.2) is 60.5 Å². The summed E-state index contributed by atoms with van der Waals surface area (Å²) in [4.78, 5) is 35.3. The van der Waals surface area contributed by atoms with Crippen molar-refractivity contribution in [2.45, 2.75) is 25.7 Å². The number of hydrogen-bond acceptors (Lipinski definition) is 7. The van der Waals surface area contributed by atoms with Gasteiger partial charge in [0, 0.05) is 43.2 Å². The molecule has 1 N–H and O–H groups in total. The molecule has 0 aliphatic carbocycles. The van der Waals surface area contributed by atoms with Gasteiger partial charge in [-0.1, -0.05) is 18.2 Å². The molecule has 0 radical (unpaired) electrons. The minimum atomic E-state index is -0.343. The Hall–Kier alpha value is -3.66. The second kappa shape index (κ2) is 9.30. The van der Waals surface area contributed by atoms with Crippen molar-refractivity contribution >= 4 is 34.2 Å². The first-order valence-electron chi connectivity index (χ1n) is 11.2. The number of amides is 2. The first-order valence-corrected chi connectivity index (χ1v) is 12.0. The Balaban J connectivity index is 1.17. The maximum Gasteiger partial charge on any atom is 0.270 e. The lowest BCUT2D eigenvalue weighted by molar-refractivity contribution is -0.131. The lowest BCUT2D eigenvalue weighted by Crippen LogP contribution is -2.43.